The van der Waals surface area contributed by atoms with Crippen molar-refractivity contribution in [2.45, 2.75) is 39.7 Å². The standard InChI is InChI=1S/C15H23NO2/c1-15(2,3)10-9-14(18)16-13(11-17)12-7-5-4-6-8-12/h4-8,13,17H,9-11H2,1-3H3,(H,16,18)/t13-/m1/s1. The summed E-state index contributed by atoms with van der Waals surface area (Å²) in [7, 11) is 0. The van der Waals surface area contributed by atoms with Gasteiger partial charge in [0, 0.05) is 6.42 Å². The molecule has 3 nitrogen and oxygen atoms in total. The van der Waals surface area contributed by atoms with Gasteiger partial charge < -0.3 is 10.4 Å². The average Bonchev–Trinajstić information content (AvgIpc) is 2.33. The van der Waals surface area contributed by atoms with Gasteiger partial charge in [0.1, 0.15) is 0 Å². The van der Waals surface area contributed by atoms with Crippen LogP contribution >= 0.6 is 0 Å². The van der Waals surface area contributed by atoms with Crippen LogP contribution < -0.4 is 5.32 Å². The lowest BCUT2D eigenvalue weighted by Gasteiger charge is -2.20. The Morgan fingerprint density at radius 1 is 1.28 bits per heavy atom. The van der Waals surface area contributed by atoms with Crippen LogP contribution in [0.5, 0.6) is 0 Å². The van der Waals surface area contributed by atoms with Crippen LogP contribution in [0.4, 0.5) is 0 Å². The van der Waals surface area contributed by atoms with Gasteiger partial charge >= 0.3 is 0 Å². The number of rotatable bonds is 5. The molecule has 0 saturated heterocycles. The monoisotopic (exact) mass is 249 g/mol. The topological polar surface area (TPSA) is 49.3 Å². The smallest absolute Gasteiger partial charge is 0.220 e. The lowest BCUT2D eigenvalue weighted by molar-refractivity contribution is -0.122. The lowest BCUT2D eigenvalue weighted by Crippen LogP contribution is -2.31. The van der Waals surface area contributed by atoms with Crippen molar-refractivity contribution in [3.8, 4) is 0 Å². The first-order valence-corrected chi connectivity index (χ1v) is 6.37. The van der Waals surface area contributed by atoms with E-state index in [-0.39, 0.29) is 24.0 Å². The molecule has 0 fully saturated rings. The highest BCUT2D eigenvalue weighted by Gasteiger charge is 2.16. The van der Waals surface area contributed by atoms with Gasteiger partial charge in [-0.1, -0.05) is 51.1 Å². The van der Waals surface area contributed by atoms with Gasteiger partial charge in [-0.3, -0.25) is 4.79 Å². The summed E-state index contributed by atoms with van der Waals surface area (Å²) in [5.74, 6) is -0.00664. The Morgan fingerprint density at radius 3 is 2.39 bits per heavy atom. The van der Waals surface area contributed by atoms with Crippen molar-refractivity contribution in [3.63, 3.8) is 0 Å². The van der Waals surface area contributed by atoms with Crippen LogP contribution in [0.25, 0.3) is 0 Å². The van der Waals surface area contributed by atoms with E-state index in [0.717, 1.165) is 12.0 Å². The number of aliphatic hydroxyl groups is 1. The van der Waals surface area contributed by atoms with Crippen molar-refractivity contribution in [2.24, 2.45) is 5.41 Å². The second-order valence-corrected chi connectivity index (χ2v) is 5.77. The Morgan fingerprint density at radius 2 is 1.89 bits per heavy atom. The van der Waals surface area contributed by atoms with Crippen LogP contribution in [0.1, 0.15) is 45.2 Å². The van der Waals surface area contributed by atoms with E-state index in [9.17, 15) is 9.90 Å². The third-order valence-electron chi connectivity index (χ3n) is 2.82. The molecule has 2 N–H and O–H groups in total. The molecule has 0 radical (unpaired) electrons. The van der Waals surface area contributed by atoms with E-state index in [4.69, 9.17) is 0 Å². The molecule has 18 heavy (non-hydrogen) atoms. The minimum absolute atomic E-state index is 0.00664. The molecule has 1 amide bonds. The molecule has 0 aliphatic rings. The normalized spacial score (nSPS) is 13.1. The Hall–Kier alpha value is -1.35. The van der Waals surface area contributed by atoms with Crippen molar-refractivity contribution < 1.29 is 9.90 Å². The molecule has 0 bridgehead atoms. The van der Waals surface area contributed by atoms with E-state index in [2.05, 4.69) is 26.1 Å². The summed E-state index contributed by atoms with van der Waals surface area (Å²) in [6, 6.07) is 9.23. The summed E-state index contributed by atoms with van der Waals surface area (Å²) in [6.45, 7) is 6.26. The highest BCUT2D eigenvalue weighted by Crippen LogP contribution is 2.21. The van der Waals surface area contributed by atoms with E-state index in [1.54, 1.807) is 0 Å². The van der Waals surface area contributed by atoms with E-state index in [1.165, 1.54) is 0 Å². The van der Waals surface area contributed by atoms with Crippen molar-refractivity contribution >= 4 is 5.91 Å². The van der Waals surface area contributed by atoms with Crippen molar-refractivity contribution in [3.05, 3.63) is 35.9 Å². The summed E-state index contributed by atoms with van der Waals surface area (Å²) in [5.41, 5.74) is 1.09. The van der Waals surface area contributed by atoms with E-state index in [1.807, 2.05) is 30.3 Å². The number of carbonyl (C=O) groups is 1. The molecule has 1 atom stereocenters. The lowest BCUT2D eigenvalue weighted by atomic mass is 9.90. The highest BCUT2D eigenvalue weighted by molar-refractivity contribution is 5.76. The molecular weight excluding hydrogens is 226 g/mol. The molecule has 1 aromatic rings. The summed E-state index contributed by atoms with van der Waals surface area (Å²) in [4.78, 5) is 11.8. The predicted molar refractivity (Wildman–Crippen MR) is 73.1 cm³/mol. The van der Waals surface area contributed by atoms with Gasteiger partial charge in [0.2, 0.25) is 5.91 Å². The van der Waals surface area contributed by atoms with Gasteiger partial charge in [-0.2, -0.15) is 0 Å². The maximum absolute atomic E-state index is 11.8. The fourth-order valence-corrected chi connectivity index (χ4v) is 1.67. The number of amides is 1. The summed E-state index contributed by atoms with van der Waals surface area (Å²) in [5, 5.41) is 12.2. The van der Waals surface area contributed by atoms with E-state index >= 15 is 0 Å². The zero-order valence-electron chi connectivity index (χ0n) is 11.4. The van der Waals surface area contributed by atoms with Crippen molar-refractivity contribution in [1.29, 1.82) is 0 Å². The van der Waals surface area contributed by atoms with Crippen molar-refractivity contribution in [2.75, 3.05) is 6.61 Å². The summed E-state index contributed by atoms with van der Waals surface area (Å²) < 4.78 is 0. The fourth-order valence-electron chi connectivity index (χ4n) is 1.67. The van der Waals surface area contributed by atoms with Gasteiger partial charge in [0.15, 0.2) is 0 Å². The minimum Gasteiger partial charge on any atom is -0.394 e. The maximum atomic E-state index is 11.8. The Balaban J connectivity index is 2.51. The van der Waals surface area contributed by atoms with Crippen LogP contribution in [-0.2, 0) is 4.79 Å². The molecule has 0 heterocycles. The Labute approximate surface area is 109 Å². The Kier molecular flexibility index (Phi) is 5.35. The Bertz CT molecular complexity index is 368. The number of hydrogen-bond acceptors (Lipinski definition) is 2. The van der Waals surface area contributed by atoms with Crippen LogP contribution in [0, 0.1) is 5.41 Å². The fraction of sp³-hybridized carbons (Fsp3) is 0.533. The van der Waals surface area contributed by atoms with Crippen LogP contribution in [-0.4, -0.2) is 17.6 Å². The molecule has 3 heteroatoms. The SMILES string of the molecule is CC(C)(C)CCC(=O)N[C@H](CO)c1ccccc1. The predicted octanol–water partition coefficient (Wildman–Crippen LogP) is 2.66. The zero-order valence-corrected chi connectivity index (χ0v) is 11.4. The van der Waals surface area contributed by atoms with E-state index < -0.39 is 0 Å². The first-order valence-electron chi connectivity index (χ1n) is 6.37. The third-order valence-corrected chi connectivity index (χ3v) is 2.82. The summed E-state index contributed by atoms with van der Waals surface area (Å²) >= 11 is 0. The van der Waals surface area contributed by atoms with Gasteiger partial charge in [-0.05, 0) is 17.4 Å². The maximum Gasteiger partial charge on any atom is 0.220 e. The molecule has 0 spiro atoms. The first kappa shape index (κ1) is 14.7. The van der Waals surface area contributed by atoms with Crippen LogP contribution in [0.2, 0.25) is 0 Å². The largest absolute Gasteiger partial charge is 0.394 e. The molecule has 1 aromatic carbocycles. The second-order valence-electron chi connectivity index (χ2n) is 5.77. The molecule has 1 rings (SSSR count). The van der Waals surface area contributed by atoms with Gasteiger partial charge in [-0.15, -0.1) is 0 Å². The molecule has 0 aliphatic heterocycles. The average molecular weight is 249 g/mol. The van der Waals surface area contributed by atoms with E-state index in [0.29, 0.717) is 6.42 Å². The number of aliphatic hydroxyl groups excluding tert-OH is 1. The number of benzene rings is 1. The summed E-state index contributed by atoms with van der Waals surface area (Å²) in [6.07, 6.45) is 1.33. The first-order chi connectivity index (χ1) is 8.42. The quantitative estimate of drug-likeness (QED) is 0.843. The second kappa shape index (κ2) is 6.55. The molecule has 0 aromatic heterocycles. The highest BCUT2D eigenvalue weighted by atomic mass is 16.3. The van der Waals surface area contributed by atoms with Gasteiger partial charge in [0.05, 0.1) is 12.6 Å². The number of carbonyl (C=O) groups excluding carboxylic acids is 1. The van der Waals surface area contributed by atoms with Crippen LogP contribution in [0.15, 0.2) is 30.3 Å². The third kappa shape index (κ3) is 5.32. The van der Waals surface area contributed by atoms with Crippen LogP contribution in [0.3, 0.4) is 0 Å². The number of hydrogen-bond donors (Lipinski definition) is 2. The van der Waals surface area contributed by atoms with Gasteiger partial charge in [0.25, 0.3) is 0 Å². The zero-order chi connectivity index (χ0) is 13.6. The van der Waals surface area contributed by atoms with Crippen molar-refractivity contribution in [1.82, 2.24) is 5.32 Å². The molecule has 100 valence electrons. The molecule has 0 saturated carbocycles. The molecular formula is C15H23NO2. The minimum atomic E-state index is -0.307. The molecule has 0 aliphatic carbocycles. The van der Waals surface area contributed by atoms with Gasteiger partial charge in [-0.25, -0.2) is 0 Å². The molecule has 0 unspecified atom stereocenters. The number of nitrogens with one attached hydrogen (secondary N) is 1.